The van der Waals surface area contributed by atoms with Gasteiger partial charge in [-0.1, -0.05) is 59.6 Å². The van der Waals surface area contributed by atoms with Crippen molar-refractivity contribution in [2.75, 3.05) is 0 Å². The van der Waals surface area contributed by atoms with Gasteiger partial charge in [-0.15, -0.1) is 11.6 Å². The van der Waals surface area contributed by atoms with Crippen molar-refractivity contribution >= 4 is 52.3 Å². The number of amides is 1. The number of hydrogen-bond acceptors (Lipinski definition) is 2. The maximum Gasteiger partial charge on any atom is 0.338 e. The number of carboxylic acids is 1. The molecule has 144 valence electrons. The smallest absolute Gasteiger partial charge is 0.338 e. The lowest BCUT2D eigenvalue weighted by atomic mass is 10.0. The van der Waals surface area contributed by atoms with Gasteiger partial charge in [0.15, 0.2) is 0 Å². The minimum atomic E-state index is -1.12. The number of hydrogen-bond donors (Lipinski definition) is 2. The van der Waals surface area contributed by atoms with E-state index < -0.39 is 17.3 Å². The Hall–Kier alpha value is -2.27. The Kier molecular flexibility index (Phi) is 6.45. The van der Waals surface area contributed by atoms with E-state index in [4.69, 9.17) is 34.8 Å². The Labute approximate surface area is 177 Å². The van der Waals surface area contributed by atoms with Crippen molar-refractivity contribution < 1.29 is 14.7 Å². The number of carbonyl (C=O) groups is 2. The highest BCUT2D eigenvalue weighted by Crippen LogP contribution is 2.33. The lowest BCUT2D eigenvalue weighted by molar-refractivity contribution is -0.132. The number of alkyl halides is 1. The van der Waals surface area contributed by atoms with Crippen LogP contribution in [0, 0.1) is 0 Å². The Morgan fingerprint density at radius 1 is 1.07 bits per heavy atom. The molecule has 0 saturated heterocycles. The molecule has 0 spiro atoms. The number of allylic oxidation sites excluding steroid dienone is 1. The van der Waals surface area contributed by atoms with E-state index in [1.165, 1.54) is 0 Å². The average Bonchev–Trinajstić information content (AvgIpc) is 3.08. The van der Waals surface area contributed by atoms with Crippen LogP contribution in [-0.4, -0.2) is 22.4 Å². The van der Waals surface area contributed by atoms with Gasteiger partial charge in [0.2, 0.25) is 5.91 Å². The molecule has 2 N–H and O–H groups in total. The highest BCUT2D eigenvalue weighted by molar-refractivity contribution is 6.33. The van der Waals surface area contributed by atoms with Crippen LogP contribution < -0.4 is 5.32 Å². The fraction of sp³-hybridized carbons (Fsp3) is 0.143. The van der Waals surface area contributed by atoms with Gasteiger partial charge in [-0.3, -0.25) is 4.79 Å². The molecule has 0 fully saturated rings. The second-order valence-electron chi connectivity index (χ2n) is 6.24. The van der Waals surface area contributed by atoms with Crippen LogP contribution in [0.15, 0.2) is 65.9 Å². The second kappa shape index (κ2) is 8.82. The van der Waals surface area contributed by atoms with E-state index in [1.54, 1.807) is 48.5 Å². The predicted octanol–water partition coefficient (Wildman–Crippen LogP) is 5.09. The molecule has 2 aromatic carbocycles. The molecule has 0 aliphatic heterocycles. The minimum Gasteiger partial charge on any atom is -0.478 e. The fourth-order valence-corrected chi connectivity index (χ4v) is 3.56. The van der Waals surface area contributed by atoms with Crippen LogP contribution in [0.4, 0.5) is 0 Å². The normalized spacial score (nSPS) is 14.6. The summed E-state index contributed by atoms with van der Waals surface area (Å²) in [5.41, 5.74) is 2.36. The van der Waals surface area contributed by atoms with Crippen LogP contribution in [0.2, 0.25) is 10.0 Å². The highest BCUT2D eigenvalue weighted by atomic mass is 35.5. The van der Waals surface area contributed by atoms with Crippen molar-refractivity contribution in [3.8, 4) is 0 Å². The van der Waals surface area contributed by atoms with Gasteiger partial charge in [0.1, 0.15) is 5.38 Å². The number of benzene rings is 2. The van der Waals surface area contributed by atoms with Gasteiger partial charge in [-0.05, 0) is 41.3 Å². The highest BCUT2D eigenvalue weighted by Gasteiger charge is 2.27. The number of carbonyl (C=O) groups excluding carboxylic acids is 1. The molecule has 3 rings (SSSR count). The summed E-state index contributed by atoms with van der Waals surface area (Å²) in [5, 5.41) is 12.5. The van der Waals surface area contributed by atoms with Crippen LogP contribution >= 0.6 is 34.8 Å². The molecule has 0 bridgehead atoms. The molecule has 7 heteroatoms. The van der Waals surface area contributed by atoms with Gasteiger partial charge >= 0.3 is 5.97 Å². The van der Waals surface area contributed by atoms with Gasteiger partial charge in [0, 0.05) is 22.2 Å². The minimum absolute atomic E-state index is 0.0530. The summed E-state index contributed by atoms with van der Waals surface area (Å²) in [6.45, 7) is 0. The Morgan fingerprint density at radius 3 is 2.39 bits per heavy atom. The van der Waals surface area contributed by atoms with Gasteiger partial charge in [-0.25, -0.2) is 4.79 Å². The Balaban J connectivity index is 1.78. The van der Waals surface area contributed by atoms with E-state index in [9.17, 15) is 14.7 Å². The van der Waals surface area contributed by atoms with Gasteiger partial charge in [0.25, 0.3) is 0 Å². The molecule has 4 nitrogen and oxygen atoms in total. The average molecular weight is 437 g/mol. The molecule has 28 heavy (non-hydrogen) atoms. The van der Waals surface area contributed by atoms with Crippen molar-refractivity contribution in [1.29, 1.82) is 0 Å². The lowest BCUT2D eigenvalue weighted by Crippen LogP contribution is -2.33. The summed E-state index contributed by atoms with van der Waals surface area (Å²) in [6, 6.07) is 14.0. The molecular formula is C21H16Cl3NO3. The molecule has 1 aliphatic rings. The Bertz CT molecular complexity index is 981. The Morgan fingerprint density at radius 2 is 1.75 bits per heavy atom. The van der Waals surface area contributed by atoms with Crippen molar-refractivity contribution in [1.82, 2.24) is 5.32 Å². The zero-order valence-electron chi connectivity index (χ0n) is 14.6. The van der Waals surface area contributed by atoms with Gasteiger partial charge < -0.3 is 10.4 Å². The third kappa shape index (κ3) is 4.58. The van der Waals surface area contributed by atoms with Crippen LogP contribution in [0.1, 0.15) is 17.5 Å². The molecule has 0 aromatic heterocycles. The molecule has 1 aliphatic carbocycles. The molecule has 0 radical (unpaired) electrons. The summed E-state index contributed by atoms with van der Waals surface area (Å²) in [7, 11) is 0. The van der Waals surface area contributed by atoms with E-state index in [0.29, 0.717) is 33.3 Å². The van der Waals surface area contributed by atoms with Crippen molar-refractivity contribution in [3.05, 3.63) is 87.0 Å². The summed E-state index contributed by atoms with van der Waals surface area (Å²) in [6.07, 6.45) is 2.29. The van der Waals surface area contributed by atoms with Gasteiger partial charge in [0.05, 0.1) is 5.57 Å². The maximum atomic E-state index is 12.5. The monoisotopic (exact) mass is 435 g/mol. The van der Waals surface area contributed by atoms with Crippen molar-refractivity contribution in [2.45, 2.75) is 18.2 Å². The van der Waals surface area contributed by atoms with E-state index in [2.05, 4.69) is 5.32 Å². The summed E-state index contributed by atoms with van der Waals surface area (Å²) < 4.78 is 0. The molecular weight excluding hydrogens is 421 g/mol. The largest absolute Gasteiger partial charge is 0.478 e. The molecule has 1 amide bonds. The maximum absolute atomic E-state index is 12.5. The zero-order chi connectivity index (χ0) is 20.3. The van der Waals surface area contributed by atoms with Gasteiger partial charge in [-0.2, -0.15) is 0 Å². The number of nitrogens with one attached hydrogen (secondary N) is 1. The van der Waals surface area contributed by atoms with E-state index >= 15 is 0 Å². The second-order valence-corrected chi connectivity index (χ2v) is 7.61. The first kappa shape index (κ1) is 20.5. The fourth-order valence-electron chi connectivity index (χ4n) is 3.00. The number of halogens is 3. The topological polar surface area (TPSA) is 66.4 Å². The molecule has 0 heterocycles. The summed E-state index contributed by atoms with van der Waals surface area (Å²) in [4.78, 5) is 24.3. The van der Waals surface area contributed by atoms with Crippen molar-refractivity contribution in [2.24, 2.45) is 0 Å². The zero-order valence-corrected chi connectivity index (χ0v) is 16.9. The first-order chi connectivity index (χ1) is 13.4. The van der Waals surface area contributed by atoms with Crippen LogP contribution in [0.5, 0.6) is 0 Å². The third-order valence-electron chi connectivity index (χ3n) is 4.37. The standard InChI is InChI=1S/C21H16Cl3NO3/c22-14-7-5-12(6-8-14)15-9-10-18(19(15)21(27)28)25-20(26)17(24)11-13-3-1-2-4-16(13)23/h1-9,17H,10-11H2,(H,25,26)(H,27,28). The quantitative estimate of drug-likeness (QED) is 0.620. The lowest BCUT2D eigenvalue weighted by Gasteiger charge is -2.14. The first-order valence-corrected chi connectivity index (χ1v) is 9.67. The van der Waals surface area contributed by atoms with Crippen LogP contribution in [0.25, 0.3) is 5.57 Å². The number of rotatable bonds is 6. The molecule has 0 saturated carbocycles. The summed E-state index contributed by atoms with van der Waals surface area (Å²) in [5.74, 6) is -1.59. The van der Waals surface area contributed by atoms with Crippen molar-refractivity contribution in [3.63, 3.8) is 0 Å². The van der Waals surface area contributed by atoms with Crippen LogP contribution in [0.3, 0.4) is 0 Å². The molecule has 1 atom stereocenters. The third-order valence-corrected chi connectivity index (χ3v) is 5.34. The van der Waals surface area contributed by atoms with E-state index in [-0.39, 0.29) is 12.0 Å². The summed E-state index contributed by atoms with van der Waals surface area (Å²) >= 11 is 18.3. The van der Waals surface area contributed by atoms with E-state index in [1.807, 2.05) is 6.07 Å². The predicted molar refractivity (Wildman–Crippen MR) is 112 cm³/mol. The van der Waals surface area contributed by atoms with Crippen LogP contribution in [-0.2, 0) is 16.0 Å². The number of aliphatic carboxylic acids is 1. The molecule has 2 aromatic rings. The van der Waals surface area contributed by atoms with E-state index in [0.717, 1.165) is 5.56 Å². The molecule has 1 unspecified atom stereocenters. The SMILES string of the molecule is O=C(O)C1=C(NC(=O)C(Cl)Cc2ccccc2Cl)CC=C1c1ccc(Cl)cc1. The number of carboxylic acid groups (broad SMARTS) is 1. The first-order valence-electron chi connectivity index (χ1n) is 8.48.